The van der Waals surface area contributed by atoms with Crippen molar-refractivity contribution in [1.29, 1.82) is 5.26 Å². The van der Waals surface area contributed by atoms with Crippen LogP contribution in [0.25, 0.3) is 22.7 Å². The minimum absolute atomic E-state index is 0. The minimum Gasteiger partial charge on any atom is -0.493 e. The summed E-state index contributed by atoms with van der Waals surface area (Å²) < 4.78 is 11.1. The van der Waals surface area contributed by atoms with E-state index in [2.05, 4.69) is 16.0 Å². The highest BCUT2D eigenvalue weighted by Gasteiger charge is 2.10. The summed E-state index contributed by atoms with van der Waals surface area (Å²) >= 11 is 0. The summed E-state index contributed by atoms with van der Waals surface area (Å²) in [5, 5.41) is 9.59. The van der Waals surface area contributed by atoms with Crippen molar-refractivity contribution in [3.63, 3.8) is 0 Å². The lowest BCUT2D eigenvalue weighted by Crippen LogP contribution is -2.06. The first-order valence-corrected chi connectivity index (χ1v) is 8.43. The van der Waals surface area contributed by atoms with E-state index in [0.717, 1.165) is 22.2 Å². The van der Waals surface area contributed by atoms with E-state index >= 15 is 0 Å². The number of aryl methyl sites for hydroxylation is 1. The van der Waals surface area contributed by atoms with Gasteiger partial charge in [0.15, 0.2) is 11.5 Å². The van der Waals surface area contributed by atoms with E-state index in [1.54, 1.807) is 13.2 Å². The predicted octanol–water partition coefficient (Wildman–Crippen LogP) is 5.15. The molecule has 2 aromatic carbocycles. The average Bonchev–Trinajstić information content (AvgIpc) is 3.03. The maximum Gasteiger partial charge on any atom is 0.161 e. The number of rotatable bonds is 5. The highest BCUT2D eigenvalue weighted by atomic mass is 35.5. The maximum atomic E-state index is 9.59. The summed E-state index contributed by atoms with van der Waals surface area (Å²) in [7, 11) is 1.60. The number of nitrogens with zero attached hydrogens (tertiary/aromatic N) is 2. The van der Waals surface area contributed by atoms with Gasteiger partial charge < -0.3 is 14.5 Å². The third-order valence-corrected chi connectivity index (χ3v) is 3.87. The fourth-order valence-electron chi connectivity index (χ4n) is 2.70. The molecule has 140 valence electrons. The number of methoxy groups -OCH3 is 1. The van der Waals surface area contributed by atoms with E-state index in [1.165, 1.54) is 0 Å². The number of benzene rings is 2. The highest BCUT2D eigenvalue weighted by molar-refractivity contribution is 5.90. The van der Waals surface area contributed by atoms with Gasteiger partial charge in [0.05, 0.1) is 29.8 Å². The van der Waals surface area contributed by atoms with E-state index in [0.29, 0.717) is 22.9 Å². The van der Waals surface area contributed by atoms with Crippen molar-refractivity contribution in [2.75, 3.05) is 7.11 Å². The van der Waals surface area contributed by atoms with Gasteiger partial charge in [-0.2, -0.15) is 5.26 Å². The predicted molar refractivity (Wildman–Crippen MR) is 110 cm³/mol. The van der Waals surface area contributed by atoms with Gasteiger partial charge in [-0.15, -0.1) is 12.4 Å². The van der Waals surface area contributed by atoms with E-state index in [-0.39, 0.29) is 18.5 Å². The zero-order valence-corrected chi connectivity index (χ0v) is 16.6. The zero-order chi connectivity index (χ0) is 18.7. The molecule has 1 N–H and O–H groups in total. The first-order valence-electron chi connectivity index (χ1n) is 8.43. The van der Waals surface area contributed by atoms with E-state index < -0.39 is 0 Å². The van der Waals surface area contributed by atoms with E-state index in [4.69, 9.17) is 9.47 Å². The molecule has 0 unspecified atom stereocenters. The van der Waals surface area contributed by atoms with Crippen molar-refractivity contribution in [1.82, 2.24) is 9.97 Å². The SMILES string of the molecule is COc1cc(/C=C(\C#N)c2nc3ccc(C)cc3[nH]2)ccc1OC(C)C.Cl. The van der Waals surface area contributed by atoms with Gasteiger partial charge in [-0.05, 0) is 62.2 Å². The van der Waals surface area contributed by atoms with Gasteiger partial charge in [0, 0.05) is 0 Å². The van der Waals surface area contributed by atoms with E-state index in [9.17, 15) is 5.26 Å². The first kappa shape index (κ1) is 20.3. The van der Waals surface area contributed by atoms with Crippen LogP contribution >= 0.6 is 12.4 Å². The number of nitriles is 1. The molecule has 0 spiro atoms. The normalized spacial score (nSPS) is 11.2. The topological polar surface area (TPSA) is 70.9 Å². The second kappa shape index (κ2) is 8.61. The summed E-state index contributed by atoms with van der Waals surface area (Å²) in [5.74, 6) is 1.86. The number of imidazole rings is 1. The number of halogens is 1. The molecule has 0 aliphatic rings. The van der Waals surface area contributed by atoms with Crippen LogP contribution in [-0.2, 0) is 0 Å². The lowest BCUT2D eigenvalue weighted by Gasteiger charge is -2.13. The van der Waals surface area contributed by atoms with Gasteiger partial charge in [0.25, 0.3) is 0 Å². The number of fused-ring (bicyclic) bond motifs is 1. The highest BCUT2D eigenvalue weighted by Crippen LogP contribution is 2.30. The number of aromatic nitrogens is 2. The molecule has 27 heavy (non-hydrogen) atoms. The average molecular weight is 384 g/mol. The Bertz CT molecular complexity index is 1020. The minimum atomic E-state index is 0. The third-order valence-electron chi connectivity index (χ3n) is 3.87. The summed E-state index contributed by atoms with van der Waals surface area (Å²) in [6, 6.07) is 13.8. The number of allylic oxidation sites excluding steroid dienone is 1. The fraction of sp³-hybridized carbons (Fsp3) is 0.238. The van der Waals surface area contributed by atoms with Crippen LogP contribution in [0.3, 0.4) is 0 Å². The van der Waals surface area contributed by atoms with Crippen molar-refractivity contribution < 1.29 is 9.47 Å². The molecule has 0 aliphatic heterocycles. The molecule has 6 heteroatoms. The molecule has 0 amide bonds. The van der Waals surface area contributed by atoms with Crippen LogP contribution < -0.4 is 9.47 Å². The van der Waals surface area contributed by atoms with Crippen LogP contribution in [0.4, 0.5) is 0 Å². The van der Waals surface area contributed by atoms with E-state index in [1.807, 2.05) is 57.2 Å². The second-order valence-electron chi connectivity index (χ2n) is 6.35. The Morgan fingerprint density at radius 1 is 1.19 bits per heavy atom. The van der Waals surface area contributed by atoms with Gasteiger partial charge in [-0.25, -0.2) is 4.98 Å². The molecule has 0 saturated heterocycles. The third kappa shape index (κ3) is 4.60. The number of aromatic amines is 1. The number of nitrogens with one attached hydrogen (secondary N) is 1. The molecule has 0 atom stereocenters. The maximum absolute atomic E-state index is 9.59. The summed E-state index contributed by atoms with van der Waals surface area (Å²) in [6.45, 7) is 5.95. The Balaban J connectivity index is 0.00000261. The van der Waals surface area contributed by atoms with Crippen LogP contribution in [0, 0.1) is 18.3 Å². The smallest absolute Gasteiger partial charge is 0.161 e. The van der Waals surface area contributed by atoms with Crippen LogP contribution in [0.5, 0.6) is 11.5 Å². The quantitative estimate of drug-likeness (QED) is 0.618. The van der Waals surface area contributed by atoms with Gasteiger partial charge >= 0.3 is 0 Å². The van der Waals surface area contributed by atoms with Crippen molar-refractivity contribution in [2.24, 2.45) is 0 Å². The van der Waals surface area contributed by atoms with Crippen LogP contribution in [0.1, 0.15) is 30.8 Å². The molecule has 0 fully saturated rings. The monoisotopic (exact) mass is 383 g/mol. The van der Waals surface area contributed by atoms with Crippen LogP contribution in [-0.4, -0.2) is 23.2 Å². The number of H-pyrrole nitrogens is 1. The standard InChI is InChI=1S/C21H21N3O2.ClH/c1-13(2)26-19-8-6-15(11-20(19)25-4)10-16(12-22)21-23-17-7-5-14(3)9-18(17)24-21;/h5-11,13H,1-4H3,(H,23,24);1H/b16-10+;. The van der Waals surface area contributed by atoms with Crippen molar-refractivity contribution >= 4 is 35.1 Å². The van der Waals surface area contributed by atoms with Gasteiger partial charge in [-0.1, -0.05) is 12.1 Å². The Morgan fingerprint density at radius 3 is 2.63 bits per heavy atom. The molecule has 3 aromatic rings. The molecule has 0 aliphatic carbocycles. The summed E-state index contributed by atoms with van der Waals surface area (Å²) in [5.41, 5.74) is 4.19. The van der Waals surface area contributed by atoms with Crippen molar-refractivity contribution in [2.45, 2.75) is 26.9 Å². The summed E-state index contributed by atoms with van der Waals surface area (Å²) in [6.07, 6.45) is 1.84. The second-order valence-corrected chi connectivity index (χ2v) is 6.35. The molecule has 3 rings (SSSR count). The number of hydrogen-bond acceptors (Lipinski definition) is 4. The largest absolute Gasteiger partial charge is 0.493 e. The van der Waals surface area contributed by atoms with Gasteiger partial charge in [0.1, 0.15) is 11.9 Å². The molecule has 0 saturated carbocycles. The van der Waals surface area contributed by atoms with Crippen molar-refractivity contribution in [3.05, 3.63) is 53.3 Å². The summed E-state index contributed by atoms with van der Waals surface area (Å²) in [4.78, 5) is 7.73. The van der Waals surface area contributed by atoms with Gasteiger partial charge in [0.2, 0.25) is 0 Å². The number of hydrogen-bond donors (Lipinski definition) is 1. The molecular weight excluding hydrogens is 362 g/mol. The Morgan fingerprint density at radius 2 is 1.96 bits per heavy atom. The fourth-order valence-corrected chi connectivity index (χ4v) is 2.70. The molecule has 0 radical (unpaired) electrons. The molecule has 5 nitrogen and oxygen atoms in total. The molecular formula is C21H22ClN3O2. The lowest BCUT2D eigenvalue weighted by molar-refractivity contribution is 0.230. The molecule has 1 heterocycles. The van der Waals surface area contributed by atoms with Crippen molar-refractivity contribution in [3.8, 4) is 17.6 Å². The first-order chi connectivity index (χ1) is 12.5. The van der Waals surface area contributed by atoms with Crippen LogP contribution in [0.15, 0.2) is 36.4 Å². The molecule has 0 bridgehead atoms. The van der Waals surface area contributed by atoms with Gasteiger partial charge in [-0.3, -0.25) is 0 Å². The zero-order valence-electron chi connectivity index (χ0n) is 15.7. The molecule has 1 aromatic heterocycles. The lowest BCUT2D eigenvalue weighted by atomic mass is 10.1. The Hall–Kier alpha value is -2.97. The Labute approximate surface area is 165 Å². The van der Waals surface area contributed by atoms with Crippen LogP contribution in [0.2, 0.25) is 0 Å². The Kier molecular flexibility index (Phi) is 6.49. The number of ether oxygens (including phenoxy) is 2.